The summed E-state index contributed by atoms with van der Waals surface area (Å²) in [4.78, 5) is 36.8. The van der Waals surface area contributed by atoms with Crippen LogP contribution in [0.5, 0.6) is 17.2 Å². The number of rotatable bonds is 6. The molecule has 0 aromatic heterocycles. The normalized spacial score (nSPS) is 15.4. The van der Waals surface area contributed by atoms with Crippen molar-refractivity contribution < 1.29 is 28.7 Å². The highest BCUT2D eigenvalue weighted by molar-refractivity contribution is 5.96. The molecule has 1 saturated heterocycles. The molecule has 2 aliphatic rings. The summed E-state index contributed by atoms with van der Waals surface area (Å²) >= 11 is 0. The quantitative estimate of drug-likeness (QED) is 0.556. The van der Waals surface area contributed by atoms with Crippen molar-refractivity contribution in [2.75, 3.05) is 36.6 Å². The molecule has 4 rings (SSSR count). The molecule has 2 aliphatic heterocycles. The highest BCUT2D eigenvalue weighted by Crippen LogP contribution is 2.39. The molecular formula is C21H21N3O7. The number of fused-ring (bicyclic) bond motifs is 1. The van der Waals surface area contributed by atoms with Crippen molar-refractivity contribution in [2.24, 2.45) is 0 Å². The van der Waals surface area contributed by atoms with Gasteiger partial charge in [-0.3, -0.25) is 19.7 Å². The van der Waals surface area contributed by atoms with E-state index in [1.165, 1.54) is 12.1 Å². The number of hydrogen-bond acceptors (Lipinski definition) is 7. The lowest BCUT2D eigenvalue weighted by Crippen LogP contribution is -2.24. The van der Waals surface area contributed by atoms with E-state index < -0.39 is 10.8 Å². The Hall–Kier alpha value is -3.82. The van der Waals surface area contributed by atoms with Gasteiger partial charge in [0.25, 0.3) is 11.6 Å². The number of carbonyl (C=O) groups is 2. The van der Waals surface area contributed by atoms with Crippen LogP contribution in [-0.4, -0.2) is 43.1 Å². The average molecular weight is 427 g/mol. The van der Waals surface area contributed by atoms with Crippen LogP contribution in [0.15, 0.2) is 36.4 Å². The van der Waals surface area contributed by atoms with E-state index in [0.717, 1.165) is 6.42 Å². The van der Waals surface area contributed by atoms with E-state index in [2.05, 4.69) is 5.32 Å². The van der Waals surface area contributed by atoms with Crippen LogP contribution in [-0.2, 0) is 9.59 Å². The summed E-state index contributed by atoms with van der Waals surface area (Å²) in [5, 5.41) is 13.9. The van der Waals surface area contributed by atoms with Crippen LogP contribution < -0.4 is 24.4 Å². The Balaban J connectivity index is 1.44. The van der Waals surface area contributed by atoms with Gasteiger partial charge in [-0.25, -0.2) is 0 Å². The van der Waals surface area contributed by atoms with E-state index in [-0.39, 0.29) is 29.6 Å². The predicted molar refractivity (Wildman–Crippen MR) is 111 cm³/mol. The molecule has 0 radical (unpaired) electrons. The molecule has 0 aliphatic carbocycles. The van der Waals surface area contributed by atoms with Gasteiger partial charge in [-0.2, -0.15) is 0 Å². The molecule has 2 heterocycles. The van der Waals surface area contributed by atoms with Gasteiger partial charge in [-0.05, 0) is 18.6 Å². The van der Waals surface area contributed by atoms with E-state index in [9.17, 15) is 19.7 Å². The number of nitrogens with zero attached hydrogens (tertiary/aromatic N) is 2. The molecule has 0 atom stereocenters. The molecule has 1 N–H and O–H groups in total. The van der Waals surface area contributed by atoms with Crippen LogP contribution in [0.4, 0.5) is 17.1 Å². The topological polar surface area (TPSA) is 120 Å². The van der Waals surface area contributed by atoms with Crippen LogP contribution >= 0.6 is 0 Å². The van der Waals surface area contributed by atoms with Crippen molar-refractivity contribution in [3.63, 3.8) is 0 Å². The maximum Gasteiger partial charge on any atom is 0.296 e. The van der Waals surface area contributed by atoms with Crippen molar-refractivity contribution in [1.29, 1.82) is 0 Å². The highest BCUT2D eigenvalue weighted by Gasteiger charge is 2.24. The first-order chi connectivity index (χ1) is 15.0. The second-order valence-corrected chi connectivity index (χ2v) is 7.11. The molecular weight excluding hydrogens is 406 g/mol. The van der Waals surface area contributed by atoms with Crippen molar-refractivity contribution in [1.82, 2.24) is 0 Å². The summed E-state index contributed by atoms with van der Waals surface area (Å²) in [7, 11) is 0. The SMILES string of the molecule is O=C(COc1cccc(N2CCCC2=O)c1)Nc1cc2c(cc1[N+](=O)[O-])OCCCO2. The van der Waals surface area contributed by atoms with E-state index in [1.54, 1.807) is 29.2 Å². The number of nitro groups is 1. The monoisotopic (exact) mass is 427 g/mol. The zero-order chi connectivity index (χ0) is 21.8. The maximum absolute atomic E-state index is 12.4. The summed E-state index contributed by atoms with van der Waals surface area (Å²) in [6.45, 7) is 1.10. The average Bonchev–Trinajstić information content (AvgIpc) is 3.05. The fourth-order valence-corrected chi connectivity index (χ4v) is 3.45. The summed E-state index contributed by atoms with van der Waals surface area (Å²) in [6.07, 6.45) is 1.97. The van der Waals surface area contributed by atoms with E-state index in [4.69, 9.17) is 14.2 Å². The van der Waals surface area contributed by atoms with Crippen LogP contribution in [0, 0.1) is 10.1 Å². The van der Waals surface area contributed by atoms with Crippen molar-refractivity contribution >= 4 is 28.9 Å². The van der Waals surface area contributed by atoms with Crippen molar-refractivity contribution in [3.05, 3.63) is 46.5 Å². The van der Waals surface area contributed by atoms with Gasteiger partial charge < -0.3 is 24.4 Å². The molecule has 10 nitrogen and oxygen atoms in total. The van der Waals surface area contributed by atoms with Crippen LogP contribution in [0.1, 0.15) is 19.3 Å². The Bertz CT molecular complexity index is 1020. The lowest BCUT2D eigenvalue weighted by molar-refractivity contribution is -0.384. The molecule has 2 aromatic rings. The van der Waals surface area contributed by atoms with E-state index >= 15 is 0 Å². The number of anilines is 2. The Morgan fingerprint density at radius 3 is 2.65 bits per heavy atom. The minimum absolute atomic E-state index is 0.000681. The second-order valence-electron chi connectivity index (χ2n) is 7.11. The molecule has 162 valence electrons. The lowest BCUT2D eigenvalue weighted by atomic mass is 10.2. The Morgan fingerprint density at radius 1 is 1.16 bits per heavy atom. The van der Waals surface area contributed by atoms with Crippen LogP contribution in [0.3, 0.4) is 0 Å². The van der Waals surface area contributed by atoms with E-state index in [0.29, 0.717) is 49.8 Å². The first-order valence-electron chi connectivity index (χ1n) is 9.92. The van der Waals surface area contributed by atoms with Gasteiger partial charge in [0, 0.05) is 37.2 Å². The van der Waals surface area contributed by atoms with Gasteiger partial charge in [-0.15, -0.1) is 0 Å². The summed E-state index contributed by atoms with van der Waals surface area (Å²) in [6, 6.07) is 9.53. The third kappa shape index (κ3) is 4.68. The Labute approximate surface area is 177 Å². The Kier molecular flexibility index (Phi) is 5.87. The molecule has 0 unspecified atom stereocenters. The molecule has 10 heteroatoms. The van der Waals surface area contributed by atoms with Crippen molar-refractivity contribution in [2.45, 2.75) is 19.3 Å². The fraction of sp³-hybridized carbons (Fsp3) is 0.333. The molecule has 1 fully saturated rings. The van der Waals surface area contributed by atoms with Gasteiger partial charge in [0.2, 0.25) is 5.91 Å². The molecule has 0 bridgehead atoms. The number of ether oxygens (including phenoxy) is 3. The van der Waals surface area contributed by atoms with E-state index in [1.807, 2.05) is 0 Å². The summed E-state index contributed by atoms with van der Waals surface area (Å²) < 4.78 is 16.5. The number of amides is 2. The minimum Gasteiger partial charge on any atom is -0.489 e. The maximum atomic E-state index is 12.4. The number of carbonyl (C=O) groups excluding carboxylic acids is 2. The number of nitro benzene ring substituents is 1. The number of hydrogen-bond donors (Lipinski definition) is 1. The van der Waals surface area contributed by atoms with Crippen LogP contribution in [0.25, 0.3) is 0 Å². The third-order valence-corrected chi connectivity index (χ3v) is 4.91. The van der Waals surface area contributed by atoms with Gasteiger partial charge in [-0.1, -0.05) is 6.07 Å². The fourth-order valence-electron chi connectivity index (χ4n) is 3.45. The number of nitrogens with one attached hydrogen (secondary N) is 1. The highest BCUT2D eigenvalue weighted by atomic mass is 16.6. The largest absolute Gasteiger partial charge is 0.489 e. The molecule has 2 aromatic carbocycles. The minimum atomic E-state index is -0.596. The first kappa shape index (κ1) is 20.5. The third-order valence-electron chi connectivity index (χ3n) is 4.91. The van der Waals surface area contributed by atoms with Gasteiger partial charge in [0.15, 0.2) is 18.1 Å². The second kappa shape index (κ2) is 8.90. The summed E-state index contributed by atoms with van der Waals surface area (Å²) in [5.74, 6) is 0.506. The molecule has 31 heavy (non-hydrogen) atoms. The van der Waals surface area contributed by atoms with Crippen molar-refractivity contribution in [3.8, 4) is 17.2 Å². The van der Waals surface area contributed by atoms with Gasteiger partial charge in [0.1, 0.15) is 11.4 Å². The lowest BCUT2D eigenvalue weighted by Gasteiger charge is -2.16. The zero-order valence-corrected chi connectivity index (χ0v) is 16.7. The van der Waals surface area contributed by atoms with Gasteiger partial charge >= 0.3 is 0 Å². The Morgan fingerprint density at radius 2 is 1.94 bits per heavy atom. The standard InChI is InChI=1S/C21H21N3O7/c25-20(13-31-15-5-1-4-14(10-15)23-7-2-6-21(23)26)22-16-11-18-19(12-17(16)24(27)28)30-9-3-8-29-18/h1,4-5,10-12H,2-3,6-9,13H2,(H,22,25). The van der Waals surface area contributed by atoms with Gasteiger partial charge in [0.05, 0.1) is 24.2 Å². The predicted octanol–water partition coefficient (Wildman–Crippen LogP) is 2.90. The van der Waals surface area contributed by atoms with Crippen LogP contribution in [0.2, 0.25) is 0 Å². The zero-order valence-electron chi connectivity index (χ0n) is 16.7. The summed E-state index contributed by atoms with van der Waals surface area (Å²) in [5.41, 5.74) is 0.408. The first-order valence-corrected chi connectivity index (χ1v) is 9.92. The molecule has 0 spiro atoms. The number of benzene rings is 2. The molecule has 0 saturated carbocycles. The smallest absolute Gasteiger partial charge is 0.296 e. The molecule has 2 amide bonds.